The number of benzene rings is 1. The van der Waals surface area contributed by atoms with E-state index in [0.29, 0.717) is 12.0 Å². The van der Waals surface area contributed by atoms with Crippen LogP contribution in [0.25, 0.3) is 5.69 Å². The number of carbonyl (C=O) groups excluding carboxylic acids is 1. The summed E-state index contributed by atoms with van der Waals surface area (Å²) >= 11 is 0. The number of rotatable bonds is 5. The maximum Gasteiger partial charge on any atom is 0.401 e. The smallest absolute Gasteiger partial charge is 0.334 e. The average Bonchev–Trinajstić information content (AvgIpc) is 3.21. The lowest BCUT2D eigenvalue weighted by atomic mass is 10.3. The maximum absolute atomic E-state index is 13.8. The van der Waals surface area contributed by atoms with Gasteiger partial charge in [-0.15, -0.1) is 0 Å². The molecular weight excluding hydrogens is 385 g/mol. The molecule has 152 valence electrons. The second kappa shape index (κ2) is 8.13. The molecule has 2 heterocycles. The molecule has 1 aliphatic heterocycles. The predicted molar refractivity (Wildman–Crippen MR) is 89.8 cm³/mol. The van der Waals surface area contributed by atoms with Crippen molar-refractivity contribution in [2.24, 2.45) is 0 Å². The van der Waals surface area contributed by atoms with Gasteiger partial charge in [0.2, 0.25) is 0 Å². The summed E-state index contributed by atoms with van der Waals surface area (Å²) in [4.78, 5) is 13.2. The van der Waals surface area contributed by atoms with Gasteiger partial charge in [-0.2, -0.15) is 18.3 Å². The van der Waals surface area contributed by atoms with Crippen molar-refractivity contribution in [3.05, 3.63) is 47.8 Å². The highest BCUT2D eigenvalue weighted by molar-refractivity contribution is 5.74. The molecule has 1 unspecified atom stereocenters. The molecule has 28 heavy (non-hydrogen) atoms. The summed E-state index contributed by atoms with van der Waals surface area (Å²) in [5, 5.41) is 9.18. The first-order chi connectivity index (χ1) is 13.2. The third kappa shape index (κ3) is 5.41. The van der Waals surface area contributed by atoms with Crippen LogP contribution in [0.15, 0.2) is 30.6 Å². The molecule has 3 rings (SSSR count). The molecular formula is C17H18F5N5O. The van der Waals surface area contributed by atoms with E-state index < -0.39 is 30.4 Å². The first-order valence-corrected chi connectivity index (χ1v) is 8.52. The highest BCUT2D eigenvalue weighted by Crippen LogP contribution is 2.20. The first-order valence-electron chi connectivity index (χ1n) is 8.52. The predicted octanol–water partition coefficient (Wildman–Crippen LogP) is 2.59. The van der Waals surface area contributed by atoms with Crippen molar-refractivity contribution in [3.63, 3.8) is 0 Å². The zero-order valence-electron chi connectivity index (χ0n) is 14.6. The van der Waals surface area contributed by atoms with E-state index in [1.165, 1.54) is 28.0 Å². The number of likely N-dealkylation sites (tertiary alicyclic amines) is 1. The standard InChI is InChI=1S/C17H18F5N5O/c18-12-1-2-15(14(19)5-12)27-8-11(7-24-27)6-23-16(28)25-13-3-4-26(9-13)10-17(20,21)22/h1-2,5,7-8,13H,3-4,6,9-10H2,(H2,23,25,28). The van der Waals surface area contributed by atoms with Gasteiger partial charge in [0.05, 0.1) is 12.7 Å². The molecule has 0 aliphatic carbocycles. The number of hydrogen-bond acceptors (Lipinski definition) is 3. The molecule has 0 saturated carbocycles. The van der Waals surface area contributed by atoms with Crippen molar-refractivity contribution in [2.75, 3.05) is 19.6 Å². The van der Waals surface area contributed by atoms with E-state index >= 15 is 0 Å². The van der Waals surface area contributed by atoms with Crippen LogP contribution in [0.3, 0.4) is 0 Å². The Bertz CT molecular complexity index is 838. The summed E-state index contributed by atoms with van der Waals surface area (Å²) in [6.45, 7) is -0.505. The topological polar surface area (TPSA) is 62.2 Å². The third-order valence-corrected chi connectivity index (χ3v) is 4.26. The van der Waals surface area contributed by atoms with Gasteiger partial charge in [-0.05, 0) is 18.6 Å². The van der Waals surface area contributed by atoms with Crippen LogP contribution in [-0.2, 0) is 6.54 Å². The summed E-state index contributed by atoms with van der Waals surface area (Å²) < 4.78 is 65.1. The molecule has 0 bridgehead atoms. The number of aromatic nitrogens is 2. The van der Waals surface area contributed by atoms with Crippen molar-refractivity contribution in [3.8, 4) is 5.69 Å². The SMILES string of the molecule is O=C(NCc1cnn(-c2ccc(F)cc2F)c1)NC1CCN(CC(F)(F)F)C1. The summed E-state index contributed by atoms with van der Waals surface area (Å²) in [5.74, 6) is -1.47. The molecule has 6 nitrogen and oxygen atoms in total. The molecule has 2 aromatic rings. The summed E-state index contributed by atoms with van der Waals surface area (Å²) in [6.07, 6.45) is -0.923. The van der Waals surface area contributed by atoms with Crippen LogP contribution < -0.4 is 10.6 Å². The maximum atomic E-state index is 13.8. The Kier molecular flexibility index (Phi) is 5.82. The largest absolute Gasteiger partial charge is 0.401 e. The lowest BCUT2D eigenvalue weighted by molar-refractivity contribution is -0.143. The third-order valence-electron chi connectivity index (χ3n) is 4.26. The number of hydrogen-bond donors (Lipinski definition) is 2. The minimum absolute atomic E-state index is 0.0628. The van der Waals surface area contributed by atoms with Crippen LogP contribution in [0.2, 0.25) is 0 Å². The summed E-state index contributed by atoms with van der Waals surface area (Å²) in [7, 11) is 0. The molecule has 2 N–H and O–H groups in total. The number of alkyl halides is 3. The van der Waals surface area contributed by atoms with Crippen molar-refractivity contribution < 1.29 is 26.7 Å². The Labute approximate surface area is 157 Å². The lowest BCUT2D eigenvalue weighted by Crippen LogP contribution is -2.43. The average molecular weight is 403 g/mol. The van der Waals surface area contributed by atoms with Crippen molar-refractivity contribution in [1.29, 1.82) is 0 Å². The van der Waals surface area contributed by atoms with E-state index in [9.17, 15) is 26.7 Å². The zero-order chi connectivity index (χ0) is 20.3. The zero-order valence-corrected chi connectivity index (χ0v) is 14.6. The second-order valence-electron chi connectivity index (χ2n) is 6.55. The van der Waals surface area contributed by atoms with E-state index in [-0.39, 0.29) is 31.4 Å². The summed E-state index contributed by atoms with van der Waals surface area (Å²) in [6, 6.07) is 2.22. The minimum Gasteiger partial charge on any atom is -0.334 e. The van der Waals surface area contributed by atoms with E-state index in [1.54, 1.807) is 0 Å². The van der Waals surface area contributed by atoms with Gasteiger partial charge >= 0.3 is 12.2 Å². The Morgan fingerprint density at radius 2 is 2.07 bits per heavy atom. The normalized spacial score (nSPS) is 17.7. The molecule has 1 saturated heterocycles. The van der Waals surface area contributed by atoms with Gasteiger partial charge in [0.15, 0.2) is 5.82 Å². The first kappa shape index (κ1) is 20.1. The molecule has 1 aromatic heterocycles. The fraction of sp³-hybridized carbons (Fsp3) is 0.412. The number of urea groups is 1. The van der Waals surface area contributed by atoms with E-state index in [1.807, 2.05) is 0 Å². The highest BCUT2D eigenvalue weighted by Gasteiger charge is 2.34. The number of amides is 2. The van der Waals surface area contributed by atoms with Crippen LogP contribution in [0.1, 0.15) is 12.0 Å². The molecule has 1 fully saturated rings. The van der Waals surface area contributed by atoms with E-state index in [2.05, 4.69) is 15.7 Å². The van der Waals surface area contributed by atoms with Crippen LogP contribution in [0, 0.1) is 11.6 Å². The molecule has 0 spiro atoms. The second-order valence-corrected chi connectivity index (χ2v) is 6.55. The Morgan fingerprint density at radius 3 is 2.79 bits per heavy atom. The van der Waals surface area contributed by atoms with Gasteiger partial charge in [-0.25, -0.2) is 18.3 Å². The molecule has 1 aliphatic rings. The summed E-state index contributed by atoms with van der Waals surface area (Å²) in [5.41, 5.74) is 0.636. The number of halogens is 5. The number of carbonyl (C=O) groups is 1. The van der Waals surface area contributed by atoms with Crippen LogP contribution >= 0.6 is 0 Å². The van der Waals surface area contributed by atoms with Gasteiger partial charge < -0.3 is 10.6 Å². The number of nitrogens with one attached hydrogen (secondary N) is 2. The molecule has 2 amide bonds. The minimum atomic E-state index is -4.26. The van der Waals surface area contributed by atoms with Crippen LogP contribution in [0.5, 0.6) is 0 Å². The molecule has 1 atom stereocenters. The van der Waals surface area contributed by atoms with E-state index in [4.69, 9.17) is 0 Å². The fourth-order valence-electron chi connectivity index (χ4n) is 3.02. The van der Waals surface area contributed by atoms with Crippen molar-refractivity contribution in [1.82, 2.24) is 25.3 Å². The number of nitrogens with zero attached hydrogens (tertiary/aromatic N) is 3. The van der Waals surface area contributed by atoms with Gasteiger partial charge in [0.25, 0.3) is 0 Å². The van der Waals surface area contributed by atoms with Gasteiger partial charge in [0, 0.05) is 43.5 Å². The molecule has 1 aromatic carbocycles. The van der Waals surface area contributed by atoms with Crippen molar-refractivity contribution >= 4 is 6.03 Å². The van der Waals surface area contributed by atoms with Gasteiger partial charge in [0.1, 0.15) is 11.5 Å². The lowest BCUT2D eigenvalue weighted by Gasteiger charge is -2.18. The monoisotopic (exact) mass is 403 g/mol. The quantitative estimate of drug-likeness (QED) is 0.755. The van der Waals surface area contributed by atoms with E-state index in [0.717, 1.165) is 12.1 Å². The van der Waals surface area contributed by atoms with Crippen LogP contribution in [0.4, 0.5) is 26.7 Å². The van der Waals surface area contributed by atoms with Gasteiger partial charge in [-0.3, -0.25) is 4.90 Å². The Balaban J connectivity index is 1.47. The van der Waals surface area contributed by atoms with Gasteiger partial charge in [-0.1, -0.05) is 0 Å². The highest BCUT2D eigenvalue weighted by atomic mass is 19.4. The molecule has 0 radical (unpaired) electrons. The van der Waals surface area contributed by atoms with Crippen LogP contribution in [-0.4, -0.2) is 52.6 Å². The Hall–Kier alpha value is -2.69. The molecule has 11 heteroatoms. The Morgan fingerprint density at radius 1 is 1.29 bits per heavy atom. The van der Waals surface area contributed by atoms with Crippen molar-refractivity contribution in [2.45, 2.75) is 25.2 Å². The fourth-order valence-corrected chi connectivity index (χ4v) is 3.02.